The molecule has 0 atom stereocenters. The zero-order chi connectivity index (χ0) is 19.9. The van der Waals surface area contributed by atoms with Crippen molar-refractivity contribution in [3.05, 3.63) is 69.5 Å². The highest BCUT2D eigenvalue weighted by Crippen LogP contribution is 2.37. The molecule has 5 heteroatoms. The predicted octanol–water partition coefficient (Wildman–Crippen LogP) is 5.57. The predicted molar refractivity (Wildman–Crippen MR) is 117 cm³/mol. The van der Waals surface area contributed by atoms with Gasteiger partial charge in [-0.05, 0) is 35.1 Å². The van der Waals surface area contributed by atoms with Gasteiger partial charge in [0, 0.05) is 16.6 Å². The monoisotopic (exact) mass is 389 g/mol. The molecule has 0 aliphatic heterocycles. The summed E-state index contributed by atoms with van der Waals surface area (Å²) in [6.45, 7) is 8.72. The Labute approximate surface area is 168 Å². The summed E-state index contributed by atoms with van der Waals surface area (Å²) in [5.41, 5.74) is 4.00. The maximum absolute atomic E-state index is 13.0. The second kappa shape index (κ2) is 6.99. The summed E-state index contributed by atoms with van der Waals surface area (Å²) in [7, 11) is 0. The molecule has 0 spiro atoms. The number of H-pyrrole nitrogens is 1. The topological polar surface area (TPSA) is 58.6 Å². The molecular formula is C23H23N3OS. The van der Waals surface area contributed by atoms with Crippen LogP contribution in [0.2, 0.25) is 0 Å². The molecule has 0 fully saturated rings. The molecule has 0 saturated heterocycles. The Bertz CT molecular complexity index is 1180. The number of benzene rings is 1. The van der Waals surface area contributed by atoms with Gasteiger partial charge in [-0.3, -0.25) is 9.78 Å². The van der Waals surface area contributed by atoms with Crippen LogP contribution < -0.4 is 5.56 Å². The van der Waals surface area contributed by atoms with Crippen LogP contribution in [0.25, 0.3) is 32.9 Å². The van der Waals surface area contributed by atoms with Crippen molar-refractivity contribution in [2.24, 2.45) is 0 Å². The summed E-state index contributed by atoms with van der Waals surface area (Å²) in [4.78, 5) is 26.9. The first-order valence-electron chi connectivity index (χ1n) is 9.46. The lowest BCUT2D eigenvalue weighted by molar-refractivity contribution is 0.590. The van der Waals surface area contributed by atoms with Crippen molar-refractivity contribution in [3.8, 4) is 22.6 Å². The minimum absolute atomic E-state index is 0.0967. The lowest BCUT2D eigenvalue weighted by Gasteiger charge is -2.19. The Morgan fingerprint density at radius 3 is 2.43 bits per heavy atom. The lowest BCUT2D eigenvalue weighted by atomic mass is 9.86. The molecule has 0 amide bonds. The summed E-state index contributed by atoms with van der Waals surface area (Å²) < 4.78 is 0. The average Bonchev–Trinajstić information content (AvgIpc) is 3.07. The van der Waals surface area contributed by atoms with Gasteiger partial charge in [0.05, 0.1) is 5.39 Å². The van der Waals surface area contributed by atoms with Crippen molar-refractivity contribution in [1.82, 2.24) is 15.0 Å². The van der Waals surface area contributed by atoms with E-state index in [1.165, 1.54) is 10.4 Å². The van der Waals surface area contributed by atoms with Gasteiger partial charge in [-0.25, -0.2) is 4.98 Å². The number of aryl methyl sites for hydroxylation is 1. The second-order valence-electron chi connectivity index (χ2n) is 7.89. The number of pyridine rings is 1. The quantitative estimate of drug-likeness (QED) is 0.498. The minimum Gasteiger partial charge on any atom is -0.305 e. The number of hydrogen-bond donors (Lipinski definition) is 1. The maximum Gasteiger partial charge on any atom is 0.260 e. The third kappa shape index (κ3) is 3.27. The van der Waals surface area contributed by atoms with Crippen molar-refractivity contribution in [3.63, 3.8) is 0 Å². The van der Waals surface area contributed by atoms with Crippen LogP contribution in [-0.2, 0) is 11.8 Å². The van der Waals surface area contributed by atoms with E-state index in [1.54, 1.807) is 17.5 Å². The molecule has 0 saturated carbocycles. The maximum atomic E-state index is 13.0. The third-order valence-electron chi connectivity index (χ3n) is 4.90. The molecule has 0 aliphatic carbocycles. The van der Waals surface area contributed by atoms with Gasteiger partial charge >= 0.3 is 0 Å². The largest absolute Gasteiger partial charge is 0.305 e. The smallest absolute Gasteiger partial charge is 0.260 e. The molecule has 28 heavy (non-hydrogen) atoms. The van der Waals surface area contributed by atoms with E-state index in [9.17, 15) is 4.79 Å². The Hall–Kier alpha value is -2.79. The van der Waals surface area contributed by atoms with Gasteiger partial charge in [0.25, 0.3) is 5.56 Å². The molecule has 0 aliphatic rings. The summed E-state index contributed by atoms with van der Waals surface area (Å²) in [6, 6.07) is 14.1. The Morgan fingerprint density at radius 2 is 1.82 bits per heavy atom. The molecule has 4 rings (SSSR count). The van der Waals surface area contributed by atoms with E-state index >= 15 is 0 Å². The molecule has 1 aromatic carbocycles. The van der Waals surface area contributed by atoms with Gasteiger partial charge in [-0.15, -0.1) is 11.3 Å². The third-order valence-corrected chi connectivity index (χ3v) is 6.13. The molecule has 1 N–H and O–H groups in total. The first-order valence-corrected chi connectivity index (χ1v) is 10.3. The molecule has 3 aromatic heterocycles. The fourth-order valence-corrected chi connectivity index (χ4v) is 4.50. The number of aromatic amines is 1. The zero-order valence-corrected chi connectivity index (χ0v) is 17.4. The van der Waals surface area contributed by atoms with Crippen LogP contribution >= 0.6 is 11.3 Å². The number of fused-ring (bicyclic) bond motifs is 1. The number of aromatic nitrogens is 3. The van der Waals surface area contributed by atoms with Crippen LogP contribution in [0, 0.1) is 0 Å². The highest BCUT2D eigenvalue weighted by atomic mass is 32.1. The van der Waals surface area contributed by atoms with Gasteiger partial charge in [0.15, 0.2) is 5.82 Å². The zero-order valence-electron chi connectivity index (χ0n) is 16.5. The number of thiophene rings is 1. The fraction of sp³-hybridized carbons (Fsp3) is 0.261. The number of nitrogens with zero attached hydrogens (tertiary/aromatic N) is 2. The Balaban J connectivity index is 1.91. The van der Waals surface area contributed by atoms with E-state index in [-0.39, 0.29) is 11.0 Å². The number of nitrogens with one attached hydrogen (secondary N) is 1. The van der Waals surface area contributed by atoms with E-state index in [1.807, 2.05) is 18.2 Å². The molecule has 4 nitrogen and oxygen atoms in total. The first-order chi connectivity index (χ1) is 13.4. The second-order valence-corrected chi connectivity index (χ2v) is 8.97. The van der Waals surface area contributed by atoms with Crippen LogP contribution in [0.1, 0.15) is 38.1 Å². The normalized spacial score (nSPS) is 11.9. The Kier molecular flexibility index (Phi) is 4.63. The van der Waals surface area contributed by atoms with Gasteiger partial charge in [0.1, 0.15) is 10.5 Å². The Morgan fingerprint density at radius 1 is 1.07 bits per heavy atom. The van der Waals surface area contributed by atoms with Crippen molar-refractivity contribution < 1.29 is 0 Å². The summed E-state index contributed by atoms with van der Waals surface area (Å²) in [6.07, 6.45) is 2.56. The SMILES string of the molecule is CCc1sc2nc(-c3ccccn3)[nH]c(=O)c2c1-c1ccc(C(C)(C)C)cc1. The van der Waals surface area contributed by atoms with Gasteiger partial charge in [0.2, 0.25) is 0 Å². The van der Waals surface area contributed by atoms with E-state index in [4.69, 9.17) is 4.98 Å². The number of hydrogen-bond acceptors (Lipinski definition) is 4. The molecular weight excluding hydrogens is 366 g/mol. The fourth-order valence-electron chi connectivity index (χ4n) is 3.37. The summed E-state index contributed by atoms with van der Waals surface area (Å²) in [5, 5.41) is 0.671. The van der Waals surface area contributed by atoms with E-state index in [0.717, 1.165) is 22.4 Å². The van der Waals surface area contributed by atoms with Crippen LogP contribution in [0.3, 0.4) is 0 Å². The van der Waals surface area contributed by atoms with Crippen molar-refractivity contribution in [2.45, 2.75) is 39.5 Å². The number of rotatable bonds is 3. The highest BCUT2D eigenvalue weighted by molar-refractivity contribution is 7.19. The van der Waals surface area contributed by atoms with Gasteiger partial charge in [-0.2, -0.15) is 0 Å². The van der Waals surface area contributed by atoms with Gasteiger partial charge in [-0.1, -0.05) is 58.0 Å². The average molecular weight is 390 g/mol. The van der Waals surface area contributed by atoms with Crippen LogP contribution in [-0.4, -0.2) is 15.0 Å². The summed E-state index contributed by atoms with van der Waals surface area (Å²) >= 11 is 1.59. The van der Waals surface area contributed by atoms with Gasteiger partial charge < -0.3 is 4.98 Å². The van der Waals surface area contributed by atoms with Crippen molar-refractivity contribution in [2.75, 3.05) is 0 Å². The van der Waals surface area contributed by atoms with Crippen LogP contribution in [0.15, 0.2) is 53.5 Å². The minimum atomic E-state index is -0.114. The van der Waals surface area contributed by atoms with Crippen LogP contribution in [0.4, 0.5) is 0 Å². The van der Waals surface area contributed by atoms with E-state index in [2.05, 4.69) is 61.9 Å². The van der Waals surface area contributed by atoms with Crippen LogP contribution in [0.5, 0.6) is 0 Å². The first kappa shape index (κ1) is 18.6. The van der Waals surface area contributed by atoms with E-state index in [0.29, 0.717) is 16.9 Å². The van der Waals surface area contributed by atoms with Crippen molar-refractivity contribution in [1.29, 1.82) is 0 Å². The highest BCUT2D eigenvalue weighted by Gasteiger charge is 2.20. The molecule has 0 bridgehead atoms. The van der Waals surface area contributed by atoms with E-state index < -0.39 is 0 Å². The molecule has 4 aromatic rings. The molecule has 3 heterocycles. The standard InChI is InChI=1S/C23H23N3OS/c1-5-17-18(14-9-11-15(12-10-14)23(2,3)4)19-21(27)25-20(26-22(19)28-17)16-8-6-7-13-24-16/h6-13H,5H2,1-4H3,(H,25,26,27). The van der Waals surface area contributed by atoms with Crippen molar-refractivity contribution >= 4 is 21.6 Å². The molecule has 0 unspecified atom stereocenters. The molecule has 142 valence electrons. The lowest BCUT2D eigenvalue weighted by Crippen LogP contribution is -2.11. The summed E-state index contributed by atoms with van der Waals surface area (Å²) in [5.74, 6) is 0.511. The molecule has 0 radical (unpaired) electrons.